The first-order valence-electron chi connectivity index (χ1n) is 13.8. The monoisotopic (exact) mass is 577 g/mol. The van der Waals surface area contributed by atoms with Gasteiger partial charge in [0.2, 0.25) is 0 Å². The van der Waals surface area contributed by atoms with Crippen LogP contribution in [-0.4, -0.2) is 30.1 Å². The number of rotatable bonds is 7. The van der Waals surface area contributed by atoms with Crippen LogP contribution >= 0.6 is 0 Å². The Labute approximate surface area is 252 Å². The summed E-state index contributed by atoms with van der Waals surface area (Å²) in [5.74, 6) is -1.95. The van der Waals surface area contributed by atoms with Crippen LogP contribution in [0.25, 0.3) is 11.1 Å². The third-order valence-electron chi connectivity index (χ3n) is 7.42. The third-order valence-corrected chi connectivity index (χ3v) is 7.42. The van der Waals surface area contributed by atoms with Gasteiger partial charge in [0, 0.05) is 22.3 Å². The summed E-state index contributed by atoms with van der Waals surface area (Å²) in [6.45, 7) is -0.273. The van der Waals surface area contributed by atoms with E-state index >= 15 is 0 Å². The summed E-state index contributed by atoms with van der Waals surface area (Å²) in [7, 11) is 0. The summed E-state index contributed by atoms with van der Waals surface area (Å²) >= 11 is 0. The summed E-state index contributed by atoms with van der Waals surface area (Å²) in [5, 5.41) is 9.02. The highest BCUT2D eigenvalue weighted by Gasteiger charge is 2.30. The van der Waals surface area contributed by atoms with Gasteiger partial charge in [-0.1, -0.05) is 78.9 Å². The number of esters is 2. The van der Waals surface area contributed by atoms with Crippen molar-refractivity contribution in [2.75, 3.05) is 6.61 Å². The number of hydrogen-bond donors (Lipinski definition) is 0. The number of ketones is 2. The normalized spacial score (nSPS) is 12.3. The Hall–Kier alpha value is -6.13. The van der Waals surface area contributed by atoms with E-state index in [0.717, 1.165) is 11.1 Å². The quantitative estimate of drug-likeness (QED) is 0.193. The van der Waals surface area contributed by atoms with Crippen LogP contribution in [0.2, 0.25) is 0 Å². The maximum absolute atomic E-state index is 13.1. The second-order valence-electron chi connectivity index (χ2n) is 10.1. The molecule has 7 heteroatoms. The standard InChI is InChI=1S/C37H23NO6/c38-21-23-10-12-24(13-11-23)25-14-16-27(17-15-25)37(42)44-33(26-6-2-1-3-7-26)22-43-36(41)28-18-19-31-32(20-28)35(40)30-9-5-4-8-29(30)34(31)39/h1-20,33H,22H2. The van der Waals surface area contributed by atoms with Gasteiger partial charge in [-0.2, -0.15) is 5.26 Å². The maximum atomic E-state index is 13.1. The number of benzene rings is 5. The van der Waals surface area contributed by atoms with Crippen molar-refractivity contribution >= 4 is 23.5 Å². The molecule has 0 amide bonds. The van der Waals surface area contributed by atoms with Crippen LogP contribution in [0.1, 0.15) is 69.8 Å². The van der Waals surface area contributed by atoms with Crippen LogP contribution in [0.4, 0.5) is 0 Å². The fourth-order valence-corrected chi connectivity index (χ4v) is 5.06. The smallest absolute Gasteiger partial charge is 0.338 e. The summed E-state index contributed by atoms with van der Waals surface area (Å²) in [6, 6.07) is 35.8. The lowest BCUT2D eigenvalue weighted by molar-refractivity contribution is -0.00133. The van der Waals surface area contributed by atoms with Crippen LogP contribution in [0.15, 0.2) is 121 Å². The summed E-state index contributed by atoms with van der Waals surface area (Å²) < 4.78 is 11.4. The molecule has 1 atom stereocenters. The zero-order valence-electron chi connectivity index (χ0n) is 23.2. The minimum absolute atomic E-state index is 0.0980. The van der Waals surface area contributed by atoms with Gasteiger partial charge < -0.3 is 9.47 Å². The molecule has 0 saturated carbocycles. The van der Waals surface area contributed by atoms with Gasteiger partial charge in [-0.25, -0.2) is 9.59 Å². The van der Waals surface area contributed by atoms with Gasteiger partial charge in [0.15, 0.2) is 17.7 Å². The van der Waals surface area contributed by atoms with Crippen LogP contribution < -0.4 is 0 Å². The number of fused-ring (bicyclic) bond motifs is 2. The van der Waals surface area contributed by atoms with Crippen molar-refractivity contribution in [3.8, 4) is 17.2 Å². The number of ether oxygens (including phenoxy) is 2. The number of nitrogens with zero attached hydrogens (tertiary/aromatic N) is 1. The van der Waals surface area contributed by atoms with Crippen molar-refractivity contribution in [2.24, 2.45) is 0 Å². The Bertz CT molecular complexity index is 1950. The van der Waals surface area contributed by atoms with Gasteiger partial charge in [-0.05, 0) is 59.2 Å². The highest BCUT2D eigenvalue weighted by molar-refractivity contribution is 6.28. The molecule has 1 aliphatic carbocycles. The van der Waals surface area contributed by atoms with Gasteiger partial charge >= 0.3 is 11.9 Å². The second-order valence-corrected chi connectivity index (χ2v) is 10.1. The molecule has 0 aliphatic heterocycles. The van der Waals surface area contributed by atoms with Crippen LogP contribution in [0.5, 0.6) is 0 Å². The molecule has 0 bridgehead atoms. The highest BCUT2D eigenvalue weighted by atomic mass is 16.6. The van der Waals surface area contributed by atoms with Crippen molar-refractivity contribution in [3.63, 3.8) is 0 Å². The zero-order chi connectivity index (χ0) is 30.6. The van der Waals surface area contributed by atoms with Gasteiger partial charge in [-0.3, -0.25) is 9.59 Å². The molecular formula is C37H23NO6. The van der Waals surface area contributed by atoms with E-state index < -0.39 is 18.0 Å². The topological polar surface area (TPSA) is 111 Å². The SMILES string of the molecule is N#Cc1ccc(-c2ccc(C(=O)OC(COC(=O)c3ccc4c(c3)C(=O)c3ccccc3C4=O)c3ccccc3)cc2)cc1. The molecule has 0 aromatic heterocycles. The minimum Gasteiger partial charge on any atom is -0.458 e. The van der Waals surface area contributed by atoms with E-state index in [1.165, 1.54) is 18.2 Å². The first kappa shape index (κ1) is 28.0. The van der Waals surface area contributed by atoms with E-state index in [-0.39, 0.29) is 40.4 Å². The summed E-state index contributed by atoms with van der Waals surface area (Å²) in [4.78, 5) is 52.2. The van der Waals surface area contributed by atoms with E-state index in [0.29, 0.717) is 22.3 Å². The first-order chi connectivity index (χ1) is 21.4. The molecule has 7 nitrogen and oxygen atoms in total. The molecule has 0 fully saturated rings. The number of nitriles is 1. The lowest BCUT2D eigenvalue weighted by atomic mass is 9.83. The van der Waals surface area contributed by atoms with E-state index in [2.05, 4.69) is 6.07 Å². The third kappa shape index (κ3) is 5.52. The highest BCUT2D eigenvalue weighted by Crippen LogP contribution is 2.29. The maximum Gasteiger partial charge on any atom is 0.338 e. The van der Waals surface area contributed by atoms with Crippen LogP contribution in [0, 0.1) is 11.3 Å². The van der Waals surface area contributed by atoms with Crippen LogP contribution in [0.3, 0.4) is 0 Å². The molecule has 0 saturated heterocycles. The van der Waals surface area contributed by atoms with Crippen molar-refractivity contribution in [1.82, 2.24) is 0 Å². The van der Waals surface area contributed by atoms with E-state index in [1.54, 1.807) is 84.9 Å². The number of carbonyl (C=O) groups is 4. The lowest BCUT2D eigenvalue weighted by Crippen LogP contribution is -2.22. The van der Waals surface area contributed by atoms with Gasteiger partial charge in [0.05, 0.1) is 22.8 Å². The average Bonchev–Trinajstić information content (AvgIpc) is 3.09. The molecule has 5 aromatic rings. The lowest BCUT2D eigenvalue weighted by Gasteiger charge is -2.20. The molecular weight excluding hydrogens is 554 g/mol. The van der Waals surface area contributed by atoms with Crippen molar-refractivity contribution in [2.45, 2.75) is 6.10 Å². The molecule has 44 heavy (non-hydrogen) atoms. The number of hydrogen-bond acceptors (Lipinski definition) is 7. The molecule has 1 aliphatic rings. The Morgan fingerprint density at radius 2 is 1.16 bits per heavy atom. The second kappa shape index (κ2) is 12.0. The van der Waals surface area contributed by atoms with Crippen molar-refractivity contribution < 1.29 is 28.7 Å². The predicted molar refractivity (Wildman–Crippen MR) is 161 cm³/mol. The summed E-state index contributed by atoms with van der Waals surface area (Å²) in [5.41, 5.74) is 4.35. The number of carbonyl (C=O) groups excluding carboxylic acids is 4. The van der Waals surface area contributed by atoms with Gasteiger partial charge in [0.1, 0.15) is 6.61 Å². The molecule has 0 N–H and O–H groups in total. The van der Waals surface area contributed by atoms with E-state index in [9.17, 15) is 19.2 Å². The Balaban J connectivity index is 1.17. The summed E-state index contributed by atoms with van der Waals surface area (Å²) in [6.07, 6.45) is -0.904. The fourth-order valence-electron chi connectivity index (χ4n) is 5.06. The average molecular weight is 578 g/mol. The molecule has 212 valence electrons. The first-order valence-corrected chi connectivity index (χ1v) is 13.8. The van der Waals surface area contributed by atoms with E-state index in [4.69, 9.17) is 14.7 Å². The van der Waals surface area contributed by atoms with Crippen LogP contribution in [-0.2, 0) is 9.47 Å². The van der Waals surface area contributed by atoms with Crippen molar-refractivity contribution in [3.05, 3.63) is 166 Å². The minimum atomic E-state index is -0.904. The molecule has 6 rings (SSSR count). The molecule has 0 radical (unpaired) electrons. The molecule has 0 spiro atoms. The van der Waals surface area contributed by atoms with Gasteiger partial charge in [-0.15, -0.1) is 0 Å². The Morgan fingerprint density at radius 1 is 0.614 bits per heavy atom. The van der Waals surface area contributed by atoms with Crippen molar-refractivity contribution in [1.29, 1.82) is 5.26 Å². The molecule has 1 unspecified atom stereocenters. The zero-order valence-corrected chi connectivity index (χ0v) is 23.2. The fraction of sp³-hybridized carbons (Fsp3) is 0.0541. The predicted octanol–water partition coefficient (Wildman–Crippen LogP) is 6.76. The Morgan fingerprint density at radius 3 is 1.80 bits per heavy atom. The Kier molecular flexibility index (Phi) is 7.64. The largest absolute Gasteiger partial charge is 0.458 e. The molecule has 0 heterocycles. The molecule has 5 aromatic carbocycles. The van der Waals surface area contributed by atoms with Gasteiger partial charge in [0.25, 0.3) is 0 Å². The van der Waals surface area contributed by atoms with E-state index in [1.807, 2.05) is 18.2 Å².